The van der Waals surface area contributed by atoms with Crippen molar-refractivity contribution in [3.63, 3.8) is 0 Å². The zero-order chi connectivity index (χ0) is 15.4. The van der Waals surface area contributed by atoms with Gasteiger partial charge in [0.25, 0.3) is 0 Å². The van der Waals surface area contributed by atoms with Crippen molar-refractivity contribution in [2.24, 2.45) is 0 Å². The summed E-state index contributed by atoms with van der Waals surface area (Å²) in [6, 6.07) is 10.8. The lowest BCUT2D eigenvalue weighted by Crippen LogP contribution is -2.03. The highest BCUT2D eigenvalue weighted by Gasteiger charge is 2.03. The first kappa shape index (κ1) is 14.7. The van der Waals surface area contributed by atoms with E-state index in [0.717, 1.165) is 11.4 Å². The predicted octanol–water partition coefficient (Wildman–Crippen LogP) is 4.73. The first-order valence-electron chi connectivity index (χ1n) is 6.52. The smallest absolute Gasteiger partial charge is 0.229 e. The van der Waals surface area contributed by atoms with Gasteiger partial charge in [0.05, 0.1) is 22.9 Å². The van der Waals surface area contributed by atoms with Crippen LogP contribution in [0.5, 0.6) is 0 Å². The third-order valence-corrected chi connectivity index (χ3v) is 3.59. The summed E-state index contributed by atoms with van der Waals surface area (Å²) in [5, 5.41) is 7.21. The fraction of sp³-hybridized carbons (Fsp3) is 0.0667. The van der Waals surface area contributed by atoms with Crippen LogP contribution in [0.25, 0.3) is 0 Å². The van der Waals surface area contributed by atoms with E-state index in [2.05, 4.69) is 20.6 Å². The van der Waals surface area contributed by atoms with Gasteiger partial charge in [-0.05, 0) is 36.4 Å². The fourth-order valence-electron chi connectivity index (χ4n) is 1.81. The van der Waals surface area contributed by atoms with Gasteiger partial charge in [0.1, 0.15) is 11.6 Å². The number of aromatic nitrogens is 2. The average Bonchev–Trinajstić information content (AvgIpc) is 3.03. The van der Waals surface area contributed by atoms with E-state index >= 15 is 0 Å². The lowest BCUT2D eigenvalue weighted by molar-refractivity contribution is 0.518. The largest absolute Gasteiger partial charge is 0.467 e. The van der Waals surface area contributed by atoms with Crippen molar-refractivity contribution in [3.05, 3.63) is 64.7 Å². The molecule has 0 fully saturated rings. The Morgan fingerprint density at radius 2 is 2.00 bits per heavy atom. The van der Waals surface area contributed by atoms with E-state index in [0.29, 0.717) is 28.4 Å². The molecule has 0 atom stereocenters. The van der Waals surface area contributed by atoms with E-state index in [1.807, 2.05) is 12.1 Å². The van der Waals surface area contributed by atoms with Crippen molar-refractivity contribution in [1.29, 1.82) is 0 Å². The molecule has 0 bridgehead atoms. The maximum atomic E-state index is 5.98. The summed E-state index contributed by atoms with van der Waals surface area (Å²) in [5.41, 5.74) is 0.762. The second-order valence-electron chi connectivity index (χ2n) is 4.45. The molecule has 3 rings (SSSR count). The average molecular weight is 335 g/mol. The second-order valence-corrected chi connectivity index (χ2v) is 5.27. The summed E-state index contributed by atoms with van der Waals surface area (Å²) in [6.45, 7) is 0.552. The lowest BCUT2D eigenvalue weighted by atomic mass is 10.3. The van der Waals surface area contributed by atoms with Crippen LogP contribution in [0, 0.1) is 0 Å². The van der Waals surface area contributed by atoms with Crippen molar-refractivity contribution in [2.45, 2.75) is 6.54 Å². The summed E-state index contributed by atoms with van der Waals surface area (Å²) >= 11 is 11.9. The Kier molecular flexibility index (Phi) is 4.46. The minimum absolute atomic E-state index is 0.461. The van der Waals surface area contributed by atoms with Crippen molar-refractivity contribution >= 4 is 40.7 Å². The van der Waals surface area contributed by atoms with Crippen molar-refractivity contribution in [3.8, 4) is 0 Å². The summed E-state index contributed by atoms with van der Waals surface area (Å²) in [4.78, 5) is 8.54. The van der Waals surface area contributed by atoms with Crippen LogP contribution < -0.4 is 10.6 Å². The number of benzene rings is 1. The molecule has 0 saturated carbocycles. The van der Waals surface area contributed by atoms with Crippen LogP contribution in [0.15, 0.2) is 53.3 Å². The molecule has 0 aliphatic rings. The van der Waals surface area contributed by atoms with Gasteiger partial charge in [-0.2, -0.15) is 4.98 Å². The van der Waals surface area contributed by atoms with Crippen LogP contribution in [-0.2, 0) is 6.54 Å². The Bertz CT molecular complexity index is 762. The molecule has 0 aliphatic carbocycles. The van der Waals surface area contributed by atoms with E-state index in [9.17, 15) is 0 Å². The molecule has 0 amide bonds. The number of nitrogens with one attached hydrogen (secondary N) is 2. The molecule has 3 aromatic rings. The van der Waals surface area contributed by atoms with Gasteiger partial charge in [0.15, 0.2) is 0 Å². The van der Waals surface area contributed by atoms with Crippen LogP contribution in [-0.4, -0.2) is 9.97 Å². The molecule has 1 aromatic carbocycles. The Morgan fingerprint density at radius 3 is 2.77 bits per heavy atom. The molecule has 0 unspecified atom stereocenters. The highest BCUT2D eigenvalue weighted by atomic mass is 35.5. The summed E-state index contributed by atoms with van der Waals surface area (Å²) in [5.74, 6) is 1.98. The molecule has 0 spiro atoms. The molecule has 5 nitrogen and oxygen atoms in total. The highest BCUT2D eigenvalue weighted by Crippen LogP contribution is 2.26. The van der Waals surface area contributed by atoms with Crippen LogP contribution in [0.2, 0.25) is 10.0 Å². The number of hydrogen-bond donors (Lipinski definition) is 2. The Hall–Kier alpha value is -2.24. The Morgan fingerprint density at radius 1 is 1.09 bits per heavy atom. The molecule has 7 heteroatoms. The van der Waals surface area contributed by atoms with Crippen LogP contribution in [0.4, 0.5) is 17.5 Å². The zero-order valence-electron chi connectivity index (χ0n) is 11.4. The molecule has 0 radical (unpaired) electrons. The van der Waals surface area contributed by atoms with Gasteiger partial charge in [0.2, 0.25) is 5.95 Å². The number of halogens is 2. The van der Waals surface area contributed by atoms with Gasteiger partial charge in [-0.1, -0.05) is 23.2 Å². The number of furan rings is 1. The number of anilines is 3. The molecular formula is C15H12Cl2N4O. The molecule has 2 aromatic heterocycles. The van der Waals surface area contributed by atoms with Crippen LogP contribution in [0.3, 0.4) is 0 Å². The molecule has 2 N–H and O–H groups in total. The van der Waals surface area contributed by atoms with Crippen LogP contribution >= 0.6 is 23.2 Å². The van der Waals surface area contributed by atoms with E-state index in [1.165, 1.54) is 0 Å². The SMILES string of the molecule is Clc1ccc(Nc2nccc(NCc3ccco3)n2)cc1Cl. The van der Waals surface area contributed by atoms with E-state index in [1.54, 1.807) is 36.7 Å². The zero-order valence-corrected chi connectivity index (χ0v) is 12.9. The topological polar surface area (TPSA) is 63.0 Å². The summed E-state index contributed by atoms with van der Waals surface area (Å²) in [6.07, 6.45) is 3.30. The Labute approximate surface area is 137 Å². The second kappa shape index (κ2) is 6.68. The molecule has 112 valence electrons. The summed E-state index contributed by atoms with van der Waals surface area (Å²) in [7, 11) is 0. The third kappa shape index (κ3) is 3.69. The maximum absolute atomic E-state index is 5.98. The quantitative estimate of drug-likeness (QED) is 0.706. The molecular weight excluding hydrogens is 323 g/mol. The lowest BCUT2D eigenvalue weighted by Gasteiger charge is -2.08. The van der Waals surface area contributed by atoms with Crippen molar-refractivity contribution in [1.82, 2.24) is 9.97 Å². The predicted molar refractivity (Wildman–Crippen MR) is 87.8 cm³/mol. The van der Waals surface area contributed by atoms with E-state index in [4.69, 9.17) is 27.6 Å². The number of hydrogen-bond acceptors (Lipinski definition) is 5. The van der Waals surface area contributed by atoms with Crippen molar-refractivity contribution in [2.75, 3.05) is 10.6 Å². The summed E-state index contributed by atoms with van der Waals surface area (Å²) < 4.78 is 5.26. The van der Waals surface area contributed by atoms with Gasteiger partial charge in [-0.25, -0.2) is 4.98 Å². The third-order valence-electron chi connectivity index (χ3n) is 2.86. The molecule has 22 heavy (non-hydrogen) atoms. The Balaban J connectivity index is 1.69. The normalized spacial score (nSPS) is 10.5. The van der Waals surface area contributed by atoms with Crippen LogP contribution in [0.1, 0.15) is 5.76 Å². The number of rotatable bonds is 5. The van der Waals surface area contributed by atoms with Gasteiger partial charge < -0.3 is 15.1 Å². The highest BCUT2D eigenvalue weighted by molar-refractivity contribution is 6.42. The first-order valence-corrected chi connectivity index (χ1v) is 7.28. The number of nitrogens with zero attached hydrogens (tertiary/aromatic N) is 2. The van der Waals surface area contributed by atoms with Crippen molar-refractivity contribution < 1.29 is 4.42 Å². The minimum atomic E-state index is 0.461. The monoisotopic (exact) mass is 334 g/mol. The van der Waals surface area contributed by atoms with E-state index in [-0.39, 0.29) is 0 Å². The fourth-order valence-corrected chi connectivity index (χ4v) is 2.11. The van der Waals surface area contributed by atoms with Gasteiger partial charge in [-0.15, -0.1) is 0 Å². The van der Waals surface area contributed by atoms with Gasteiger partial charge >= 0.3 is 0 Å². The standard InChI is InChI=1S/C15H12Cl2N4O/c16-12-4-3-10(8-13(12)17)20-15-18-6-5-14(21-15)19-9-11-2-1-7-22-11/h1-8H,9H2,(H2,18,19,20,21). The first-order chi connectivity index (χ1) is 10.7. The van der Waals surface area contributed by atoms with Gasteiger partial charge in [0, 0.05) is 11.9 Å². The van der Waals surface area contributed by atoms with E-state index < -0.39 is 0 Å². The molecule has 0 aliphatic heterocycles. The van der Waals surface area contributed by atoms with Gasteiger partial charge in [-0.3, -0.25) is 0 Å². The maximum Gasteiger partial charge on any atom is 0.229 e. The molecule has 0 saturated heterocycles. The molecule has 2 heterocycles. The minimum Gasteiger partial charge on any atom is -0.467 e.